The second-order valence-corrected chi connectivity index (χ2v) is 11.2. The Hall–Kier alpha value is -4.47. The van der Waals surface area contributed by atoms with Crippen LogP contribution >= 0.6 is 0 Å². The van der Waals surface area contributed by atoms with Gasteiger partial charge in [-0.25, -0.2) is 22.4 Å². The molecule has 2 aromatic carbocycles. The largest absolute Gasteiger partial charge is 0.494 e. The quantitative estimate of drug-likeness (QED) is 0.241. The molecule has 0 spiro atoms. The van der Waals surface area contributed by atoms with Gasteiger partial charge in [0.05, 0.1) is 31.5 Å². The SMILES string of the molecule is COc1ccc(-c2nc(C(=O)NCc3cn(S(C)(=O)=O)c4ccccc34)c([C@H](N)CO)o2)c2ccc(C(F)(F)F)nc12. The van der Waals surface area contributed by atoms with E-state index in [2.05, 4.69) is 15.3 Å². The van der Waals surface area contributed by atoms with E-state index >= 15 is 0 Å². The summed E-state index contributed by atoms with van der Waals surface area (Å²) in [6, 6.07) is 10.5. The van der Waals surface area contributed by atoms with Crippen LogP contribution in [0.1, 0.15) is 33.5 Å². The minimum atomic E-state index is -4.70. The summed E-state index contributed by atoms with van der Waals surface area (Å²) in [6.07, 6.45) is -2.23. The molecule has 0 radical (unpaired) electrons. The molecule has 11 nitrogen and oxygen atoms in total. The molecule has 3 heterocycles. The Balaban J connectivity index is 1.54. The summed E-state index contributed by atoms with van der Waals surface area (Å²) in [7, 11) is -2.34. The summed E-state index contributed by atoms with van der Waals surface area (Å²) in [5.74, 6) is -0.977. The average molecular weight is 604 g/mol. The summed E-state index contributed by atoms with van der Waals surface area (Å²) in [4.78, 5) is 21.3. The van der Waals surface area contributed by atoms with Crippen LogP contribution in [0.4, 0.5) is 13.2 Å². The standard InChI is InChI=1S/C27H24F3N5O6S/c1-40-20-9-7-17(16-8-10-21(27(28,29)30)33-22(16)20)26-34-23(24(41-26)18(31)13-36)25(37)32-11-14-12-35(42(2,38)39)19-6-4-3-5-15(14)19/h3-10,12,18,36H,11,13,31H2,1-2H3,(H,32,37)/t18-/m1/s1. The van der Waals surface area contributed by atoms with Gasteiger partial charge in [-0.05, 0) is 35.9 Å². The van der Waals surface area contributed by atoms with Crippen molar-refractivity contribution in [3.63, 3.8) is 0 Å². The van der Waals surface area contributed by atoms with E-state index in [4.69, 9.17) is 14.9 Å². The van der Waals surface area contributed by atoms with Gasteiger partial charge in [-0.1, -0.05) is 18.2 Å². The number of methoxy groups -OCH3 is 1. The van der Waals surface area contributed by atoms with E-state index in [9.17, 15) is 31.5 Å². The Kier molecular flexibility index (Phi) is 7.42. The second-order valence-electron chi connectivity index (χ2n) is 9.34. The molecule has 0 aliphatic carbocycles. The van der Waals surface area contributed by atoms with Gasteiger partial charge in [0.25, 0.3) is 5.91 Å². The van der Waals surface area contributed by atoms with E-state index in [-0.39, 0.29) is 46.1 Å². The first-order chi connectivity index (χ1) is 19.8. The van der Waals surface area contributed by atoms with Crippen molar-refractivity contribution in [2.24, 2.45) is 5.73 Å². The average Bonchev–Trinajstić information content (AvgIpc) is 3.57. The van der Waals surface area contributed by atoms with Gasteiger partial charge in [-0.15, -0.1) is 0 Å². The zero-order chi connectivity index (χ0) is 30.4. The minimum absolute atomic E-state index is 0.0740. The number of alkyl halides is 3. The van der Waals surface area contributed by atoms with Crippen LogP contribution in [0.25, 0.3) is 33.3 Å². The van der Waals surface area contributed by atoms with E-state index in [1.807, 2.05) is 0 Å². The number of rotatable bonds is 8. The molecule has 5 rings (SSSR count). The molecule has 1 amide bonds. The van der Waals surface area contributed by atoms with Gasteiger partial charge in [-0.2, -0.15) is 13.2 Å². The molecule has 0 unspecified atom stereocenters. The van der Waals surface area contributed by atoms with Crippen molar-refractivity contribution in [2.45, 2.75) is 18.8 Å². The summed E-state index contributed by atoms with van der Waals surface area (Å²) < 4.78 is 76.6. The monoisotopic (exact) mass is 603 g/mol. The topological polar surface area (TPSA) is 163 Å². The lowest BCUT2D eigenvalue weighted by Crippen LogP contribution is -2.26. The molecule has 220 valence electrons. The molecule has 0 fully saturated rings. The van der Waals surface area contributed by atoms with Crippen molar-refractivity contribution in [3.8, 4) is 17.2 Å². The first-order valence-corrected chi connectivity index (χ1v) is 14.2. The summed E-state index contributed by atoms with van der Waals surface area (Å²) in [5, 5.41) is 13.2. The molecule has 5 aromatic rings. The number of fused-ring (bicyclic) bond motifs is 2. The number of carbonyl (C=O) groups excluding carboxylic acids is 1. The normalized spacial score (nSPS) is 13.0. The number of ether oxygens (including phenoxy) is 1. The third kappa shape index (κ3) is 5.29. The van der Waals surface area contributed by atoms with Crippen LogP contribution in [0, 0.1) is 0 Å². The van der Waals surface area contributed by atoms with Gasteiger partial charge in [0.1, 0.15) is 17.0 Å². The molecular formula is C27H24F3N5O6S. The first-order valence-electron chi connectivity index (χ1n) is 12.3. The Morgan fingerprint density at radius 3 is 2.55 bits per heavy atom. The van der Waals surface area contributed by atoms with Crippen molar-refractivity contribution >= 4 is 37.7 Å². The fourth-order valence-corrected chi connectivity index (χ4v) is 5.37. The molecule has 0 saturated heterocycles. The van der Waals surface area contributed by atoms with Crippen molar-refractivity contribution in [1.82, 2.24) is 19.3 Å². The Morgan fingerprint density at radius 1 is 1.14 bits per heavy atom. The zero-order valence-corrected chi connectivity index (χ0v) is 23.0. The summed E-state index contributed by atoms with van der Waals surface area (Å²) in [5.41, 5.74) is 5.64. The number of nitrogens with two attached hydrogens (primary N) is 1. The third-order valence-electron chi connectivity index (χ3n) is 6.52. The summed E-state index contributed by atoms with van der Waals surface area (Å²) in [6.45, 7) is -0.690. The van der Waals surface area contributed by atoms with Crippen molar-refractivity contribution < 1.29 is 40.6 Å². The number of carbonyl (C=O) groups is 1. The highest BCUT2D eigenvalue weighted by atomic mass is 32.2. The highest BCUT2D eigenvalue weighted by Crippen LogP contribution is 2.37. The number of hydrogen-bond acceptors (Lipinski definition) is 9. The lowest BCUT2D eigenvalue weighted by atomic mass is 10.1. The molecule has 1 atom stereocenters. The van der Waals surface area contributed by atoms with E-state index in [0.717, 1.165) is 16.3 Å². The van der Waals surface area contributed by atoms with Gasteiger partial charge < -0.3 is 25.3 Å². The van der Waals surface area contributed by atoms with Crippen LogP contribution in [0.3, 0.4) is 0 Å². The van der Waals surface area contributed by atoms with Gasteiger partial charge in [-0.3, -0.25) is 4.79 Å². The number of aromatic nitrogens is 3. The van der Waals surface area contributed by atoms with Crippen LogP contribution in [0.2, 0.25) is 0 Å². The van der Waals surface area contributed by atoms with Gasteiger partial charge in [0.2, 0.25) is 15.9 Å². The van der Waals surface area contributed by atoms with E-state index in [1.54, 1.807) is 24.3 Å². The molecule has 0 aliphatic heterocycles. The van der Waals surface area contributed by atoms with Crippen LogP contribution < -0.4 is 15.8 Å². The Morgan fingerprint density at radius 2 is 1.88 bits per heavy atom. The van der Waals surface area contributed by atoms with Gasteiger partial charge >= 0.3 is 6.18 Å². The van der Waals surface area contributed by atoms with E-state index in [1.165, 1.54) is 31.5 Å². The van der Waals surface area contributed by atoms with E-state index in [0.29, 0.717) is 16.5 Å². The van der Waals surface area contributed by atoms with Crippen LogP contribution in [0.15, 0.2) is 59.1 Å². The number of aliphatic hydroxyl groups is 1. The Labute approximate surface area is 236 Å². The molecule has 3 aromatic heterocycles. The van der Waals surface area contributed by atoms with Crippen molar-refractivity contribution in [3.05, 3.63) is 77.4 Å². The van der Waals surface area contributed by atoms with Crippen molar-refractivity contribution in [1.29, 1.82) is 0 Å². The fraction of sp³-hybridized carbons (Fsp3) is 0.222. The van der Waals surface area contributed by atoms with Crippen LogP contribution in [-0.4, -0.2) is 53.3 Å². The van der Waals surface area contributed by atoms with Gasteiger partial charge in [0, 0.05) is 29.1 Å². The number of aliphatic hydroxyl groups excluding tert-OH is 1. The fourth-order valence-electron chi connectivity index (χ4n) is 4.54. The number of amides is 1. The number of nitrogens with one attached hydrogen (secondary N) is 1. The van der Waals surface area contributed by atoms with Crippen LogP contribution in [-0.2, 0) is 22.7 Å². The lowest BCUT2D eigenvalue weighted by Gasteiger charge is -2.11. The molecular weight excluding hydrogens is 579 g/mol. The maximum absolute atomic E-state index is 13.3. The van der Waals surface area contributed by atoms with Crippen LogP contribution in [0.5, 0.6) is 5.75 Å². The number of oxazole rings is 1. The number of benzene rings is 2. The highest BCUT2D eigenvalue weighted by molar-refractivity contribution is 7.89. The molecule has 0 bridgehead atoms. The third-order valence-corrected chi connectivity index (χ3v) is 7.54. The molecule has 0 aliphatic rings. The number of para-hydroxylation sites is 1. The number of halogens is 3. The molecule has 42 heavy (non-hydrogen) atoms. The summed E-state index contributed by atoms with van der Waals surface area (Å²) >= 11 is 0. The number of pyridine rings is 1. The highest BCUT2D eigenvalue weighted by Gasteiger charge is 2.33. The molecule has 4 N–H and O–H groups in total. The lowest BCUT2D eigenvalue weighted by molar-refractivity contribution is -0.140. The maximum Gasteiger partial charge on any atom is 0.433 e. The second kappa shape index (κ2) is 10.7. The molecule has 0 saturated carbocycles. The maximum atomic E-state index is 13.3. The van der Waals surface area contributed by atoms with E-state index < -0.39 is 40.4 Å². The van der Waals surface area contributed by atoms with Crippen molar-refractivity contribution in [2.75, 3.05) is 20.0 Å². The predicted molar refractivity (Wildman–Crippen MR) is 146 cm³/mol. The minimum Gasteiger partial charge on any atom is -0.494 e. The number of hydrogen-bond donors (Lipinski definition) is 3. The smallest absolute Gasteiger partial charge is 0.433 e. The van der Waals surface area contributed by atoms with Gasteiger partial charge in [0.15, 0.2) is 11.5 Å². The predicted octanol–water partition coefficient (Wildman–Crippen LogP) is 3.60. The zero-order valence-electron chi connectivity index (χ0n) is 22.1. The first kappa shape index (κ1) is 29.0. The number of nitrogens with zero attached hydrogens (tertiary/aromatic N) is 3. The Bertz CT molecular complexity index is 1930. The molecule has 15 heteroatoms.